The van der Waals surface area contributed by atoms with E-state index in [1.54, 1.807) is 25.3 Å². The number of benzene rings is 1. The molecule has 23 heavy (non-hydrogen) atoms. The second-order valence-corrected chi connectivity index (χ2v) is 5.05. The van der Waals surface area contributed by atoms with Crippen LogP contribution in [0.15, 0.2) is 30.6 Å². The van der Waals surface area contributed by atoms with E-state index in [1.807, 2.05) is 32.0 Å². The van der Waals surface area contributed by atoms with Crippen molar-refractivity contribution in [1.29, 1.82) is 0 Å². The number of ether oxygens (including phenoxy) is 2. The van der Waals surface area contributed by atoms with Gasteiger partial charge in [-0.2, -0.15) is 0 Å². The van der Waals surface area contributed by atoms with E-state index in [4.69, 9.17) is 9.47 Å². The molecular formula is C17H21N3O3. The average Bonchev–Trinajstić information content (AvgIpc) is 2.59. The van der Waals surface area contributed by atoms with Crippen molar-refractivity contribution in [2.75, 3.05) is 20.8 Å². The van der Waals surface area contributed by atoms with E-state index in [2.05, 4.69) is 9.97 Å². The Bertz CT molecular complexity index is 671. The van der Waals surface area contributed by atoms with Gasteiger partial charge in [0.1, 0.15) is 5.69 Å². The number of rotatable bonds is 6. The summed E-state index contributed by atoms with van der Waals surface area (Å²) in [4.78, 5) is 22.5. The largest absolute Gasteiger partial charge is 0.493 e. The van der Waals surface area contributed by atoms with Crippen LogP contribution >= 0.6 is 0 Å². The molecule has 1 amide bonds. The summed E-state index contributed by atoms with van der Waals surface area (Å²) in [6, 6.07) is 5.62. The maximum Gasteiger partial charge on any atom is 0.274 e. The van der Waals surface area contributed by atoms with Crippen LogP contribution in [0.3, 0.4) is 0 Å². The van der Waals surface area contributed by atoms with E-state index < -0.39 is 0 Å². The maximum absolute atomic E-state index is 12.5. The quantitative estimate of drug-likeness (QED) is 0.819. The minimum Gasteiger partial charge on any atom is -0.493 e. The molecule has 0 saturated heterocycles. The number of hydrogen-bond acceptors (Lipinski definition) is 5. The van der Waals surface area contributed by atoms with Crippen LogP contribution < -0.4 is 9.47 Å². The topological polar surface area (TPSA) is 64.6 Å². The molecule has 0 aliphatic carbocycles. The predicted octanol–water partition coefficient (Wildman–Crippen LogP) is 2.46. The van der Waals surface area contributed by atoms with Gasteiger partial charge in [0.05, 0.1) is 26.1 Å². The van der Waals surface area contributed by atoms with E-state index >= 15 is 0 Å². The molecule has 2 rings (SSSR count). The van der Waals surface area contributed by atoms with Crippen molar-refractivity contribution in [3.8, 4) is 11.5 Å². The minimum atomic E-state index is -0.144. The number of aromatic nitrogens is 2. The number of hydrogen-bond donors (Lipinski definition) is 0. The van der Waals surface area contributed by atoms with Gasteiger partial charge in [-0.15, -0.1) is 0 Å². The number of nitrogens with zero attached hydrogens (tertiary/aromatic N) is 3. The number of amides is 1. The lowest BCUT2D eigenvalue weighted by molar-refractivity contribution is 0.0746. The van der Waals surface area contributed by atoms with Crippen LogP contribution in [0.25, 0.3) is 0 Å². The number of aryl methyl sites for hydroxylation is 1. The zero-order chi connectivity index (χ0) is 16.8. The number of carbonyl (C=O) groups excluding carboxylic acids is 1. The molecule has 0 atom stereocenters. The van der Waals surface area contributed by atoms with Crippen LogP contribution in [0.2, 0.25) is 0 Å². The second-order valence-electron chi connectivity index (χ2n) is 5.05. The van der Waals surface area contributed by atoms with Crippen LogP contribution in [-0.4, -0.2) is 41.5 Å². The third-order valence-corrected chi connectivity index (χ3v) is 3.49. The predicted molar refractivity (Wildman–Crippen MR) is 86.7 cm³/mol. The molecule has 0 bridgehead atoms. The van der Waals surface area contributed by atoms with Crippen LogP contribution in [0.4, 0.5) is 0 Å². The highest BCUT2D eigenvalue weighted by Crippen LogP contribution is 2.28. The van der Waals surface area contributed by atoms with Crippen molar-refractivity contribution >= 4 is 5.91 Å². The fourth-order valence-corrected chi connectivity index (χ4v) is 2.19. The molecule has 1 aromatic carbocycles. The van der Waals surface area contributed by atoms with Gasteiger partial charge in [-0.25, -0.2) is 4.98 Å². The molecule has 0 radical (unpaired) electrons. The van der Waals surface area contributed by atoms with Gasteiger partial charge in [-0.1, -0.05) is 6.07 Å². The van der Waals surface area contributed by atoms with E-state index in [0.29, 0.717) is 30.3 Å². The van der Waals surface area contributed by atoms with Crippen LogP contribution in [-0.2, 0) is 6.54 Å². The molecule has 0 spiro atoms. The summed E-state index contributed by atoms with van der Waals surface area (Å²) in [6.07, 6.45) is 3.10. The Morgan fingerprint density at radius 1 is 1.13 bits per heavy atom. The Kier molecular flexibility index (Phi) is 5.51. The SMILES string of the molecule is CCN(Cc1ccc(OC)c(OC)c1)C(=O)c1cnc(C)cn1. The first kappa shape index (κ1) is 16.7. The molecule has 122 valence electrons. The third-order valence-electron chi connectivity index (χ3n) is 3.49. The van der Waals surface area contributed by atoms with E-state index in [1.165, 1.54) is 6.20 Å². The molecule has 0 saturated carbocycles. The normalized spacial score (nSPS) is 10.3. The molecule has 1 aromatic heterocycles. The summed E-state index contributed by atoms with van der Waals surface area (Å²) >= 11 is 0. The summed E-state index contributed by atoms with van der Waals surface area (Å²) in [5.74, 6) is 1.16. The fraction of sp³-hybridized carbons (Fsp3) is 0.353. The summed E-state index contributed by atoms with van der Waals surface area (Å²) in [5, 5.41) is 0. The van der Waals surface area contributed by atoms with Crippen LogP contribution in [0.5, 0.6) is 11.5 Å². The Balaban J connectivity index is 2.18. The molecule has 6 nitrogen and oxygen atoms in total. The van der Waals surface area contributed by atoms with Crippen LogP contribution in [0, 0.1) is 6.92 Å². The van der Waals surface area contributed by atoms with Crippen molar-refractivity contribution in [2.45, 2.75) is 20.4 Å². The maximum atomic E-state index is 12.5. The van der Waals surface area contributed by atoms with Crippen molar-refractivity contribution < 1.29 is 14.3 Å². The Labute approximate surface area is 136 Å². The summed E-state index contributed by atoms with van der Waals surface area (Å²) in [5.41, 5.74) is 2.08. The van der Waals surface area contributed by atoms with Gasteiger partial charge in [0.2, 0.25) is 0 Å². The summed E-state index contributed by atoms with van der Waals surface area (Å²) < 4.78 is 10.5. The average molecular weight is 315 g/mol. The Morgan fingerprint density at radius 2 is 1.87 bits per heavy atom. The lowest BCUT2D eigenvalue weighted by Crippen LogP contribution is -2.31. The fourth-order valence-electron chi connectivity index (χ4n) is 2.19. The van der Waals surface area contributed by atoms with Gasteiger partial charge in [-0.05, 0) is 31.5 Å². The lowest BCUT2D eigenvalue weighted by atomic mass is 10.1. The first-order valence-corrected chi connectivity index (χ1v) is 7.37. The van der Waals surface area contributed by atoms with Gasteiger partial charge in [-0.3, -0.25) is 9.78 Å². The first-order chi connectivity index (χ1) is 11.1. The standard InChI is InChI=1S/C17H21N3O3/c1-5-20(17(21)14-10-18-12(2)9-19-14)11-13-6-7-15(22-3)16(8-13)23-4/h6-10H,5,11H2,1-4H3. The second kappa shape index (κ2) is 7.58. The highest BCUT2D eigenvalue weighted by Gasteiger charge is 2.17. The molecule has 0 fully saturated rings. The zero-order valence-electron chi connectivity index (χ0n) is 13.9. The van der Waals surface area contributed by atoms with Gasteiger partial charge >= 0.3 is 0 Å². The lowest BCUT2D eigenvalue weighted by Gasteiger charge is -2.21. The third kappa shape index (κ3) is 3.97. The van der Waals surface area contributed by atoms with Gasteiger partial charge in [0.15, 0.2) is 11.5 Å². The molecule has 2 aromatic rings. The van der Waals surface area contributed by atoms with Crippen molar-refractivity contribution in [3.05, 3.63) is 47.5 Å². The van der Waals surface area contributed by atoms with Crippen molar-refractivity contribution in [2.24, 2.45) is 0 Å². The smallest absolute Gasteiger partial charge is 0.274 e. The number of methoxy groups -OCH3 is 2. The van der Waals surface area contributed by atoms with Gasteiger partial charge < -0.3 is 14.4 Å². The van der Waals surface area contributed by atoms with Crippen molar-refractivity contribution in [1.82, 2.24) is 14.9 Å². The number of carbonyl (C=O) groups is 1. The Hall–Kier alpha value is -2.63. The zero-order valence-corrected chi connectivity index (χ0v) is 13.9. The molecular weight excluding hydrogens is 294 g/mol. The molecule has 0 aliphatic rings. The first-order valence-electron chi connectivity index (χ1n) is 7.37. The van der Waals surface area contributed by atoms with Crippen molar-refractivity contribution in [3.63, 3.8) is 0 Å². The van der Waals surface area contributed by atoms with Gasteiger partial charge in [0.25, 0.3) is 5.91 Å². The molecule has 0 unspecified atom stereocenters. The molecule has 0 N–H and O–H groups in total. The highest BCUT2D eigenvalue weighted by molar-refractivity contribution is 5.91. The molecule has 0 aliphatic heterocycles. The highest BCUT2D eigenvalue weighted by atomic mass is 16.5. The van der Waals surface area contributed by atoms with Gasteiger partial charge in [0, 0.05) is 19.3 Å². The van der Waals surface area contributed by atoms with E-state index in [9.17, 15) is 4.79 Å². The van der Waals surface area contributed by atoms with Crippen LogP contribution in [0.1, 0.15) is 28.7 Å². The van der Waals surface area contributed by atoms with E-state index in [0.717, 1.165) is 11.3 Å². The Morgan fingerprint density at radius 3 is 2.43 bits per heavy atom. The minimum absolute atomic E-state index is 0.144. The summed E-state index contributed by atoms with van der Waals surface area (Å²) in [6.45, 7) is 4.80. The summed E-state index contributed by atoms with van der Waals surface area (Å²) in [7, 11) is 3.18. The monoisotopic (exact) mass is 315 g/mol. The van der Waals surface area contributed by atoms with E-state index in [-0.39, 0.29) is 5.91 Å². The molecule has 1 heterocycles. The molecule has 6 heteroatoms.